The summed E-state index contributed by atoms with van der Waals surface area (Å²) >= 11 is 1.61. The van der Waals surface area contributed by atoms with Crippen LogP contribution in [0.5, 0.6) is 0 Å². The lowest BCUT2D eigenvalue weighted by molar-refractivity contribution is -0.133. The molecule has 3 aromatic rings. The van der Waals surface area contributed by atoms with Gasteiger partial charge in [0, 0.05) is 18.3 Å². The third-order valence-electron chi connectivity index (χ3n) is 4.30. The number of likely N-dealkylation sites (N-methyl/N-ethyl adjacent to an activating group) is 1. The Morgan fingerprint density at radius 3 is 2.69 bits per heavy atom. The van der Waals surface area contributed by atoms with Crippen molar-refractivity contribution in [1.82, 2.24) is 19.4 Å². The highest BCUT2D eigenvalue weighted by Gasteiger charge is 2.22. The Morgan fingerprint density at radius 1 is 1.27 bits per heavy atom. The molecule has 0 spiro atoms. The second-order valence-corrected chi connectivity index (χ2v) is 7.57. The summed E-state index contributed by atoms with van der Waals surface area (Å²) in [6, 6.07) is 6.51. The van der Waals surface area contributed by atoms with E-state index in [4.69, 9.17) is 0 Å². The molecule has 0 aliphatic carbocycles. The van der Waals surface area contributed by atoms with E-state index in [-0.39, 0.29) is 11.5 Å². The third kappa shape index (κ3) is 3.53. The summed E-state index contributed by atoms with van der Waals surface area (Å²) in [5.74, 6) is 0.221. The first-order valence-electron chi connectivity index (χ1n) is 8.53. The number of amides is 1. The van der Waals surface area contributed by atoms with Gasteiger partial charge >= 0.3 is 0 Å². The number of hydrogen-bond donors (Lipinski definition) is 0. The third-order valence-corrected chi connectivity index (χ3v) is 5.50. The summed E-state index contributed by atoms with van der Waals surface area (Å²) in [6.45, 7) is 6.33. The molecule has 2 heterocycles. The zero-order valence-electron chi connectivity index (χ0n) is 15.3. The predicted octanol–water partition coefficient (Wildman–Crippen LogP) is 3.20. The van der Waals surface area contributed by atoms with Crippen LogP contribution in [0.25, 0.3) is 10.9 Å². The highest BCUT2D eigenvalue weighted by atomic mass is 32.1. The minimum absolute atomic E-state index is 0.150. The Hall–Kier alpha value is -2.54. The number of para-hydroxylation sites is 1. The van der Waals surface area contributed by atoms with Crippen LogP contribution >= 0.6 is 11.3 Å². The van der Waals surface area contributed by atoms with Crippen molar-refractivity contribution in [2.24, 2.45) is 0 Å². The average Bonchev–Trinajstić information content (AvgIpc) is 3.10. The van der Waals surface area contributed by atoms with Crippen LogP contribution in [0.2, 0.25) is 0 Å². The molecule has 0 bridgehead atoms. The van der Waals surface area contributed by atoms with Crippen LogP contribution < -0.4 is 5.56 Å². The van der Waals surface area contributed by atoms with Gasteiger partial charge in [-0.05, 0) is 19.1 Å². The van der Waals surface area contributed by atoms with Gasteiger partial charge in [-0.2, -0.15) is 0 Å². The molecule has 1 aromatic carbocycles. The van der Waals surface area contributed by atoms with Gasteiger partial charge in [0.25, 0.3) is 5.56 Å². The first-order chi connectivity index (χ1) is 12.4. The fourth-order valence-corrected chi connectivity index (χ4v) is 3.60. The molecule has 0 fully saturated rings. The molecule has 136 valence electrons. The van der Waals surface area contributed by atoms with Gasteiger partial charge in [-0.3, -0.25) is 14.2 Å². The molecule has 0 radical (unpaired) electrons. The summed E-state index contributed by atoms with van der Waals surface area (Å²) in [4.78, 5) is 35.9. The number of rotatable bonds is 5. The van der Waals surface area contributed by atoms with E-state index in [1.165, 1.54) is 10.9 Å². The normalized spacial score (nSPS) is 12.5. The van der Waals surface area contributed by atoms with Gasteiger partial charge < -0.3 is 4.90 Å². The first-order valence-corrected chi connectivity index (χ1v) is 9.41. The van der Waals surface area contributed by atoms with E-state index in [2.05, 4.69) is 23.8 Å². The van der Waals surface area contributed by atoms with Gasteiger partial charge in [0.1, 0.15) is 6.04 Å². The number of carbonyl (C=O) groups is 1. The van der Waals surface area contributed by atoms with Gasteiger partial charge in [0.15, 0.2) is 0 Å². The molecule has 0 aliphatic heterocycles. The van der Waals surface area contributed by atoms with E-state index < -0.39 is 6.04 Å². The molecule has 1 atom stereocenters. The molecule has 0 N–H and O–H groups in total. The summed E-state index contributed by atoms with van der Waals surface area (Å²) < 4.78 is 1.39. The molecule has 3 rings (SSSR count). The first kappa shape index (κ1) is 18.3. The predicted molar refractivity (Wildman–Crippen MR) is 103 cm³/mol. The van der Waals surface area contributed by atoms with Crippen molar-refractivity contribution >= 4 is 28.1 Å². The second-order valence-electron chi connectivity index (χ2n) is 6.68. The summed E-state index contributed by atoms with van der Waals surface area (Å²) in [5.41, 5.74) is 1.29. The Morgan fingerprint density at radius 2 is 2.00 bits per heavy atom. The minimum atomic E-state index is -0.632. The van der Waals surface area contributed by atoms with Crippen LogP contribution in [-0.4, -0.2) is 32.4 Å². The molecule has 0 unspecified atom stereocenters. The van der Waals surface area contributed by atoms with Gasteiger partial charge in [0.05, 0.1) is 34.5 Å². The van der Waals surface area contributed by atoms with E-state index in [0.717, 1.165) is 10.7 Å². The molecule has 0 saturated carbocycles. The molecule has 1 amide bonds. The molecule has 0 aliphatic rings. The average molecular weight is 370 g/mol. The van der Waals surface area contributed by atoms with E-state index in [1.807, 2.05) is 11.4 Å². The lowest BCUT2D eigenvalue weighted by Gasteiger charge is -2.22. The Bertz CT molecular complexity index is 992. The molecular formula is C19H22N4O2S. The number of thiazole rings is 1. The second kappa shape index (κ2) is 7.37. The zero-order chi connectivity index (χ0) is 18.8. The van der Waals surface area contributed by atoms with Crippen LogP contribution in [-0.2, 0) is 11.3 Å². The summed E-state index contributed by atoms with van der Waals surface area (Å²) in [5, 5.41) is 3.55. The monoisotopic (exact) mass is 370 g/mol. The van der Waals surface area contributed by atoms with Crippen molar-refractivity contribution in [3.05, 3.63) is 57.0 Å². The number of fused-ring (bicyclic) bond motifs is 1. The number of aromatic nitrogens is 3. The maximum Gasteiger partial charge on any atom is 0.261 e. The lowest BCUT2D eigenvalue weighted by Crippen LogP contribution is -2.37. The Balaban J connectivity index is 1.80. The zero-order valence-corrected chi connectivity index (χ0v) is 16.2. The van der Waals surface area contributed by atoms with Crippen LogP contribution in [0.15, 0.2) is 40.8 Å². The SMILES string of the molecule is CC(C)c1nc(CN(C)C(=O)[C@@H](C)n2cnc3ccccc3c2=O)cs1. The fraction of sp³-hybridized carbons (Fsp3) is 0.368. The highest BCUT2D eigenvalue weighted by molar-refractivity contribution is 7.09. The van der Waals surface area contributed by atoms with Crippen molar-refractivity contribution in [3.8, 4) is 0 Å². The number of benzene rings is 1. The van der Waals surface area contributed by atoms with Gasteiger partial charge in [-0.25, -0.2) is 9.97 Å². The van der Waals surface area contributed by atoms with Crippen LogP contribution in [0.1, 0.15) is 43.4 Å². The highest BCUT2D eigenvalue weighted by Crippen LogP contribution is 2.20. The van der Waals surface area contributed by atoms with Crippen molar-refractivity contribution < 1.29 is 4.79 Å². The fourth-order valence-electron chi connectivity index (χ4n) is 2.78. The quantitative estimate of drug-likeness (QED) is 0.692. The van der Waals surface area contributed by atoms with Crippen molar-refractivity contribution in [2.75, 3.05) is 7.05 Å². The van der Waals surface area contributed by atoms with Gasteiger partial charge in [0.2, 0.25) is 5.91 Å². The molecular weight excluding hydrogens is 348 g/mol. The van der Waals surface area contributed by atoms with Crippen molar-refractivity contribution in [2.45, 2.75) is 39.3 Å². The van der Waals surface area contributed by atoms with E-state index in [9.17, 15) is 9.59 Å². The standard InChI is InChI=1S/C19H22N4O2S/c1-12(2)17-21-14(10-26-17)9-22(4)18(24)13(3)23-11-20-16-8-6-5-7-15(16)19(23)25/h5-8,10-13H,9H2,1-4H3/t13-/m1/s1. The molecule has 26 heavy (non-hydrogen) atoms. The Kier molecular flexibility index (Phi) is 5.18. The molecule has 0 saturated heterocycles. The summed E-state index contributed by atoms with van der Waals surface area (Å²) in [7, 11) is 1.73. The van der Waals surface area contributed by atoms with Crippen molar-refractivity contribution in [1.29, 1.82) is 0 Å². The minimum Gasteiger partial charge on any atom is -0.338 e. The smallest absolute Gasteiger partial charge is 0.261 e. The number of carbonyl (C=O) groups excluding carboxylic acids is 1. The van der Waals surface area contributed by atoms with Crippen LogP contribution in [0.4, 0.5) is 0 Å². The molecule has 2 aromatic heterocycles. The number of nitrogens with zero attached hydrogens (tertiary/aromatic N) is 4. The topological polar surface area (TPSA) is 68.1 Å². The summed E-state index contributed by atoms with van der Waals surface area (Å²) in [6.07, 6.45) is 1.45. The largest absolute Gasteiger partial charge is 0.338 e. The maximum absolute atomic E-state index is 12.8. The Labute approximate surface area is 156 Å². The number of hydrogen-bond acceptors (Lipinski definition) is 5. The molecule has 6 nitrogen and oxygen atoms in total. The van der Waals surface area contributed by atoms with E-state index in [0.29, 0.717) is 23.4 Å². The van der Waals surface area contributed by atoms with Gasteiger partial charge in [-0.15, -0.1) is 11.3 Å². The van der Waals surface area contributed by atoms with E-state index in [1.54, 1.807) is 48.4 Å². The van der Waals surface area contributed by atoms with Crippen LogP contribution in [0, 0.1) is 0 Å². The van der Waals surface area contributed by atoms with Crippen LogP contribution in [0.3, 0.4) is 0 Å². The van der Waals surface area contributed by atoms with Gasteiger partial charge in [-0.1, -0.05) is 26.0 Å². The van der Waals surface area contributed by atoms with Crippen molar-refractivity contribution in [3.63, 3.8) is 0 Å². The lowest BCUT2D eigenvalue weighted by atomic mass is 10.2. The van der Waals surface area contributed by atoms with E-state index >= 15 is 0 Å². The molecule has 7 heteroatoms. The maximum atomic E-state index is 12.8.